The van der Waals surface area contributed by atoms with Crippen molar-refractivity contribution in [3.8, 4) is 0 Å². The molecule has 1 heterocycles. The molecule has 6 nitrogen and oxygen atoms in total. The van der Waals surface area contributed by atoms with Crippen LogP contribution in [0.5, 0.6) is 0 Å². The molecule has 0 radical (unpaired) electrons. The molecule has 0 aliphatic rings. The first kappa shape index (κ1) is 11.1. The maximum absolute atomic E-state index is 10.9. The Bertz CT molecular complexity index is 523. The standard InChI is InChI=1S/C11H11N3O3/c1-8-3-2-4-10(11(8)14(15)16)12-7-9-5-6-17-13-9/h2-6,12H,7H2,1H3. The van der Waals surface area contributed by atoms with E-state index >= 15 is 0 Å². The Morgan fingerprint density at radius 3 is 2.94 bits per heavy atom. The smallest absolute Gasteiger partial charge is 0.295 e. The lowest BCUT2D eigenvalue weighted by Crippen LogP contribution is -2.03. The van der Waals surface area contributed by atoms with Gasteiger partial charge in [0.15, 0.2) is 0 Å². The van der Waals surface area contributed by atoms with Crippen molar-refractivity contribution in [2.75, 3.05) is 5.32 Å². The van der Waals surface area contributed by atoms with Gasteiger partial charge in [-0.2, -0.15) is 0 Å². The van der Waals surface area contributed by atoms with Gasteiger partial charge in [0, 0.05) is 11.6 Å². The van der Waals surface area contributed by atoms with Crippen molar-refractivity contribution >= 4 is 11.4 Å². The van der Waals surface area contributed by atoms with Gasteiger partial charge in [-0.3, -0.25) is 10.1 Å². The number of nitrogens with one attached hydrogen (secondary N) is 1. The van der Waals surface area contributed by atoms with Crippen LogP contribution in [0.15, 0.2) is 35.1 Å². The van der Waals surface area contributed by atoms with E-state index in [2.05, 4.69) is 15.0 Å². The maximum atomic E-state index is 10.9. The molecule has 0 saturated carbocycles. The Morgan fingerprint density at radius 2 is 2.29 bits per heavy atom. The number of hydrogen-bond donors (Lipinski definition) is 1. The number of nitro benzene ring substituents is 1. The highest BCUT2D eigenvalue weighted by molar-refractivity contribution is 5.64. The zero-order chi connectivity index (χ0) is 12.3. The number of nitro groups is 1. The highest BCUT2D eigenvalue weighted by Crippen LogP contribution is 2.28. The van der Waals surface area contributed by atoms with Crippen molar-refractivity contribution in [3.05, 3.63) is 51.9 Å². The monoisotopic (exact) mass is 233 g/mol. The number of nitrogens with zero attached hydrogens (tertiary/aromatic N) is 2. The maximum Gasteiger partial charge on any atom is 0.295 e. The third kappa shape index (κ3) is 2.41. The second-order valence-electron chi connectivity index (χ2n) is 3.57. The van der Waals surface area contributed by atoms with Crippen molar-refractivity contribution < 1.29 is 9.45 Å². The number of hydrogen-bond acceptors (Lipinski definition) is 5. The summed E-state index contributed by atoms with van der Waals surface area (Å²) in [7, 11) is 0. The lowest BCUT2D eigenvalue weighted by molar-refractivity contribution is -0.384. The van der Waals surface area contributed by atoms with Gasteiger partial charge in [0.25, 0.3) is 5.69 Å². The van der Waals surface area contributed by atoms with Gasteiger partial charge in [-0.25, -0.2) is 0 Å². The van der Waals surface area contributed by atoms with Crippen molar-refractivity contribution in [2.24, 2.45) is 0 Å². The first-order valence-electron chi connectivity index (χ1n) is 5.05. The van der Waals surface area contributed by atoms with Crippen molar-refractivity contribution in [2.45, 2.75) is 13.5 Å². The Morgan fingerprint density at radius 1 is 1.47 bits per heavy atom. The van der Waals surface area contributed by atoms with Crippen LogP contribution in [0.25, 0.3) is 0 Å². The first-order chi connectivity index (χ1) is 8.18. The van der Waals surface area contributed by atoms with Gasteiger partial charge in [-0.05, 0) is 13.0 Å². The fourth-order valence-electron chi connectivity index (χ4n) is 1.56. The summed E-state index contributed by atoms with van der Waals surface area (Å²) in [6.45, 7) is 2.10. The summed E-state index contributed by atoms with van der Waals surface area (Å²) >= 11 is 0. The molecule has 2 aromatic rings. The minimum absolute atomic E-state index is 0.0935. The van der Waals surface area contributed by atoms with E-state index in [0.29, 0.717) is 23.5 Å². The normalized spacial score (nSPS) is 10.2. The van der Waals surface area contributed by atoms with Gasteiger partial charge in [0.05, 0.1) is 11.5 Å². The van der Waals surface area contributed by atoms with Gasteiger partial charge in [0.1, 0.15) is 17.6 Å². The van der Waals surface area contributed by atoms with E-state index in [1.165, 1.54) is 6.26 Å². The molecule has 0 fully saturated rings. The van der Waals surface area contributed by atoms with Crippen LogP contribution in [0.4, 0.5) is 11.4 Å². The molecule has 0 spiro atoms. The molecule has 1 N–H and O–H groups in total. The molecule has 0 bridgehead atoms. The van der Waals surface area contributed by atoms with Crippen LogP contribution in [-0.2, 0) is 6.54 Å². The summed E-state index contributed by atoms with van der Waals surface area (Å²) in [5.74, 6) is 0. The molecule has 0 aliphatic heterocycles. The highest BCUT2D eigenvalue weighted by atomic mass is 16.6. The minimum atomic E-state index is -0.388. The summed E-state index contributed by atoms with van der Waals surface area (Å²) in [6.07, 6.45) is 1.46. The van der Waals surface area contributed by atoms with Crippen molar-refractivity contribution in [1.82, 2.24) is 5.16 Å². The lowest BCUT2D eigenvalue weighted by atomic mass is 10.1. The summed E-state index contributed by atoms with van der Waals surface area (Å²) in [5.41, 5.74) is 1.90. The highest BCUT2D eigenvalue weighted by Gasteiger charge is 2.16. The SMILES string of the molecule is Cc1cccc(NCc2ccon2)c1[N+](=O)[O-]. The van der Waals surface area contributed by atoms with E-state index in [1.54, 1.807) is 31.2 Å². The second-order valence-corrected chi connectivity index (χ2v) is 3.57. The molecule has 1 aromatic carbocycles. The van der Waals surface area contributed by atoms with Crippen molar-refractivity contribution in [3.63, 3.8) is 0 Å². The van der Waals surface area contributed by atoms with Gasteiger partial charge < -0.3 is 9.84 Å². The molecular weight excluding hydrogens is 222 g/mol. The third-order valence-electron chi connectivity index (χ3n) is 2.37. The molecule has 0 saturated heterocycles. The molecule has 0 unspecified atom stereocenters. The third-order valence-corrected chi connectivity index (χ3v) is 2.37. The Balaban J connectivity index is 2.21. The second kappa shape index (κ2) is 4.65. The lowest BCUT2D eigenvalue weighted by Gasteiger charge is -2.06. The predicted octanol–water partition coefficient (Wildman–Crippen LogP) is 2.50. The number of rotatable bonds is 4. The Hall–Kier alpha value is -2.37. The fourth-order valence-corrected chi connectivity index (χ4v) is 1.56. The van der Waals surface area contributed by atoms with Crippen LogP contribution < -0.4 is 5.32 Å². The first-order valence-corrected chi connectivity index (χ1v) is 5.05. The quantitative estimate of drug-likeness (QED) is 0.648. The summed E-state index contributed by atoms with van der Waals surface area (Å²) in [5, 5.41) is 17.6. The fraction of sp³-hybridized carbons (Fsp3) is 0.182. The summed E-state index contributed by atoms with van der Waals surface area (Å²) in [4.78, 5) is 10.5. The van der Waals surface area contributed by atoms with Crippen LogP contribution in [0.2, 0.25) is 0 Å². The Kier molecular flexibility index (Phi) is 3.04. The summed E-state index contributed by atoms with van der Waals surface area (Å²) < 4.78 is 4.68. The number of benzene rings is 1. The van der Waals surface area contributed by atoms with Crippen molar-refractivity contribution in [1.29, 1.82) is 0 Å². The molecule has 0 aliphatic carbocycles. The average Bonchev–Trinajstić information content (AvgIpc) is 2.78. The zero-order valence-electron chi connectivity index (χ0n) is 9.21. The van der Waals surface area contributed by atoms with E-state index < -0.39 is 0 Å². The molecule has 1 aromatic heterocycles. The van der Waals surface area contributed by atoms with Gasteiger partial charge >= 0.3 is 0 Å². The molecule has 2 rings (SSSR count). The number of anilines is 1. The van der Waals surface area contributed by atoms with Crippen LogP contribution >= 0.6 is 0 Å². The minimum Gasteiger partial charge on any atom is -0.374 e. The number of aromatic nitrogens is 1. The molecule has 0 atom stereocenters. The molecule has 6 heteroatoms. The molecular formula is C11H11N3O3. The van der Waals surface area contributed by atoms with Gasteiger partial charge in [-0.15, -0.1) is 0 Å². The van der Waals surface area contributed by atoms with E-state index in [-0.39, 0.29) is 10.6 Å². The molecule has 0 amide bonds. The zero-order valence-corrected chi connectivity index (χ0v) is 9.21. The van der Waals surface area contributed by atoms with Gasteiger partial charge in [0.2, 0.25) is 0 Å². The predicted molar refractivity (Wildman–Crippen MR) is 61.7 cm³/mol. The van der Waals surface area contributed by atoms with E-state index in [0.717, 1.165) is 0 Å². The topological polar surface area (TPSA) is 81.2 Å². The Labute approximate surface area is 97.4 Å². The number of aryl methyl sites for hydroxylation is 1. The van der Waals surface area contributed by atoms with Gasteiger partial charge in [-0.1, -0.05) is 17.3 Å². The van der Waals surface area contributed by atoms with E-state index in [4.69, 9.17) is 0 Å². The van der Waals surface area contributed by atoms with Crippen LogP contribution in [0, 0.1) is 17.0 Å². The van der Waals surface area contributed by atoms with Crippen LogP contribution in [0.1, 0.15) is 11.3 Å². The van der Waals surface area contributed by atoms with E-state index in [1.807, 2.05) is 0 Å². The largest absolute Gasteiger partial charge is 0.374 e. The average molecular weight is 233 g/mol. The summed E-state index contributed by atoms with van der Waals surface area (Å²) in [6, 6.07) is 6.85. The molecule has 88 valence electrons. The number of para-hydroxylation sites is 1. The van der Waals surface area contributed by atoms with E-state index in [9.17, 15) is 10.1 Å². The van der Waals surface area contributed by atoms with Crippen LogP contribution in [0.3, 0.4) is 0 Å². The molecule has 17 heavy (non-hydrogen) atoms. The van der Waals surface area contributed by atoms with Crippen LogP contribution in [-0.4, -0.2) is 10.1 Å².